The minimum absolute atomic E-state index is 0.956. The van der Waals surface area contributed by atoms with Gasteiger partial charge in [-0.2, -0.15) is 17.5 Å². The van der Waals surface area contributed by atoms with Gasteiger partial charge in [-0.15, -0.1) is 45.3 Å². The van der Waals surface area contributed by atoms with Gasteiger partial charge in [-0.1, -0.05) is 249 Å². The summed E-state index contributed by atoms with van der Waals surface area (Å²) < 4.78 is 22.9. The van der Waals surface area contributed by atoms with E-state index in [1.165, 1.54) is 198 Å². The van der Waals surface area contributed by atoms with E-state index in [-0.39, 0.29) is 0 Å². The molecule has 6 nitrogen and oxygen atoms in total. The van der Waals surface area contributed by atoms with Gasteiger partial charge in [0, 0.05) is 106 Å². The summed E-state index contributed by atoms with van der Waals surface area (Å²) in [5.74, 6) is 0. The molecule has 508 valence electrons. The first-order valence-electron chi connectivity index (χ1n) is 36.7. The molecule has 0 saturated heterocycles. The van der Waals surface area contributed by atoms with Crippen molar-refractivity contribution >= 4 is 156 Å². The normalized spacial score (nSPS) is 11.7. The second kappa shape index (κ2) is 31.7. The lowest BCUT2D eigenvalue weighted by molar-refractivity contribution is 0.576. The van der Waals surface area contributed by atoms with E-state index >= 15 is 0 Å². The van der Waals surface area contributed by atoms with Crippen LogP contribution in [0.25, 0.3) is 116 Å². The van der Waals surface area contributed by atoms with Crippen molar-refractivity contribution in [2.24, 2.45) is 0 Å². The molecule has 0 unspecified atom stereocenters. The van der Waals surface area contributed by atoms with Crippen LogP contribution in [0.4, 0.5) is 34.1 Å². The number of aromatic nitrogens is 4. The zero-order chi connectivity index (χ0) is 68.6. The summed E-state index contributed by atoms with van der Waals surface area (Å²) in [6.45, 7) is 4.61. The zero-order valence-electron chi connectivity index (χ0n) is 58.0. The molecule has 0 atom stereocenters. The van der Waals surface area contributed by atoms with E-state index in [0.717, 1.165) is 102 Å². The third-order valence-electron chi connectivity index (χ3n) is 20.1. The van der Waals surface area contributed by atoms with E-state index < -0.39 is 0 Å². The van der Waals surface area contributed by atoms with Gasteiger partial charge >= 0.3 is 0 Å². The summed E-state index contributed by atoms with van der Waals surface area (Å²) in [5, 5.41) is 5.29. The van der Waals surface area contributed by atoms with Gasteiger partial charge in [0.05, 0.1) is 23.5 Å². The minimum Gasteiger partial charge on any atom is -0.311 e. The van der Waals surface area contributed by atoms with Crippen molar-refractivity contribution in [3.63, 3.8) is 0 Å². The fourth-order valence-corrected chi connectivity index (χ4v) is 21.1. The molecule has 12 heteroatoms. The standard InChI is InChI=1S/C90H82N6S6/c1-3-5-7-9-11-13-15-21-31-63-57-79(77-55-53-73(83-85(77)93-101-91-83)61-41-47-71(48-42-61)95(67-33-23-17-24-34-67)68-35-25-18-26-36-68)97-89(63)81-59-65-45-51-76-75(87(65)99-81)52-46-66-60-82(100-88(66)76)90-64(32-22-16-14-12-10-8-6-4-2)58-80(98-90)78-56-54-74(84-86(78)94-102-92-84)62-43-49-72(50-44-62)96(69-37-27-19-28-38-69)70-39-29-20-30-40-70/h17-20,23-30,33-60H,3-16,21-22,31-32H2,1-2H3. The topological polar surface area (TPSA) is 58.0 Å². The van der Waals surface area contributed by atoms with Crippen LogP contribution in [0, 0.1) is 0 Å². The molecular formula is C90H82N6S6. The fourth-order valence-electron chi connectivity index (χ4n) is 14.8. The highest BCUT2D eigenvalue weighted by Crippen LogP contribution is 2.51. The average molecular weight is 1440 g/mol. The van der Waals surface area contributed by atoms with Crippen LogP contribution in [-0.2, 0) is 12.8 Å². The van der Waals surface area contributed by atoms with Crippen molar-refractivity contribution in [3.8, 4) is 62.6 Å². The molecular weight excluding hydrogens is 1360 g/mol. The number of hydrogen-bond donors (Lipinski definition) is 0. The Labute approximate surface area is 624 Å². The summed E-state index contributed by atoms with van der Waals surface area (Å²) in [6.07, 6.45) is 22.9. The number of hydrogen-bond acceptors (Lipinski definition) is 12. The second-order valence-electron chi connectivity index (χ2n) is 27.0. The maximum Gasteiger partial charge on any atom is 0.114 e. The molecule has 0 spiro atoms. The highest BCUT2D eigenvalue weighted by Gasteiger charge is 2.24. The van der Waals surface area contributed by atoms with Crippen molar-refractivity contribution in [2.75, 3.05) is 9.80 Å². The molecule has 0 radical (unpaired) electrons. The Morgan fingerprint density at radius 1 is 0.275 bits per heavy atom. The summed E-state index contributed by atoms with van der Waals surface area (Å²) in [4.78, 5) is 12.6. The Morgan fingerprint density at radius 3 is 0.941 bits per heavy atom. The number of fused-ring (bicyclic) bond motifs is 7. The predicted molar refractivity (Wildman–Crippen MR) is 447 cm³/mol. The van der Waals surface area contributed by atoms with Crippen LogP contribution < -0.4 is 9.80 Å². The molecule has 0 N–H and O–H groups in total. The van der Waals surface area contributed by atoms with E-state index in [0.29, 0.717) is 0 Å². The van der Waals surface area contributed by atoms with Crippen LogP contribution in [-0.4, -0.2) is 17.5 Å². The number of anilines is 6. The summed E-state index contributed by atoms with van der Waals surface area (Å²) in [7, 11) is 0. The lowest BCUT2D eigenvalue weighted by atomic mass is 9.99. The van der Waals surface area contributed by atoms with Crippen molar-refractivity contribution in [1.29, 1.82) is 0 Å². The maximum atomic E-state index is 5.07. The molecule has 16 aromatic rings. The van der Waals surface area contributed by atoms with Gasteiger partial charge in [0.1, 0.15) is 22.1 Å². The molecule has 0 aliphatic heterocycles. The third-order valence-corrected chi connectivity index (χ3v) is 26.3. The lowest BCUT2D eigenvalue weighted by Gasteiger charge is -2.25. The first-order chi connectivity index (χ1) is 50.5. The maximum absolute atomic E-state index is 5.07. The minimum atomic E-state index is 0.956. The molecule has 0 aliphatic rings. The highest BCUT2D eigenvalue weighted by atomic mass is 32.1. The smallest absolute Gasteiger partial charge is 0.114 e. The Balaban J connectivity index is 0.711. The van der Waals surface area contributed by atoms with Crippen molar-refractivity contribution < 1.29 is 0 Å². The first-order valence-corrected chi connectivity index (χ1v) is 41.4. The number of aryl methyl sites for hydroxylation is 2. The van der Waals surface area contributed by atoms with Gasteiger partial charge in [-0.3, -0.25) is 0 Å². The summed E-state index contributed by atoms with van der Waals surface area (Å²) in [6, 6.07) is 89.0. The molecule has 16 rings (SSSR count). The predicted octanol–water partition coefficient (Wildman–Crippen LogP) is 29.7. The number of nitrogens with zero attached hydrogens (tertiary/aromatic N) is 6. The number of rotatable bonds is 30. The van der Waals surface area contributed by atoms with Crippen molar-refractivity contribution in [2.45, 2.75) is 129 Å². The fraction of sp³-hybridized carbons (Fsp3) is 0.222. The van der Waals surface area contributed by atoms with Crippen LogP contribution in [0.1, 0.15) is 128 Å². The zero-order valence-corrected chi connectivity index (χ0v) is 62.9. The first kappa shape index (κ1) is 67.5. The monoisotopic (exact) mass is 1440 g/mol. The van der Waals surface area contributed by atoms with Crippen LogP contribution in [0.15, 0.2) is 243 Å². The van der Waals surface area contributed by atoms with E-state index in [1.807, 2.05) is 45.3 Å². The number of para-hydroxylation sites is 4. The molecule has 0 bridgehead atoms. The second-order valence-corrected chi connectivity index (χ2v) is 32.3. The van der Waals surface area contributed by atoms with Gasteiger partial charge in [0.25, 0.3) is 0 Å². The van der Waals surface area contributed by atoms with Gasteiger partial charge in [-0.25, -0.2) is 0 Å². The van der Waals surface area contributed by atoms with E-state index in [4.69, 9.17) is 17.5 Å². The molecule has 0 amide bonds. The van der Waals surface area contributed by atoms with Gasteiger partial charge < -0.3 is 9.80 Å². The summed E-state index contributed by atoms with van der Waals surface area (Å²) in [5.41, 5.74) is 20.2. The van der Waals surface area contributed by atoms with Crippen LogP contribution >= 0.6 is 68.8 Å². The summed E-state index contributed by atoms with van der Waals surface area (Å²) >= 11 is 10.4. The Bertz CT molecular complexity index is 5040. The van der Waals surface area contributed by atoms with Gasteiger partial charge in [0.2, 0.25) is 0 Å². The Morgan fingerprint density at radius 2 is 0.588 bits per heavy atom. The van der Waals surface area contributed by atoms with E-state index in [1.54, 1.807) is 0 Å². The number of unbranched alkanes of at least 4 members (excludes halogenated alkanes) is 14. The quantitative estimate of drug-likeness (QED) is 0.0418. The number of thiophene rings is 4. The lowest BCUT2D eigenvalue weighted by Crippen LogP contribution is -2.09. The molecule has 6 aromatic heterocycles. The number of benzene rings is 10. The average Bonchev–Trinajstić information content (AvgIpc) is 1.58. The SMILES string of the molecule is CCCCCCCCCCc1cc(-c2ccc(-c3ccc(N(c4ccccc4)c4ccccc4)cc3)c3nsnc23)sc1-c1cc2ccc3c(ccc4cc(-c5sc(-c6ccc(-c7ccc(N(c8ccccc8)c8ccccc8)cc7)c7nsnc67)cc5CCCCCCCCCC)sc43)c2s1. The van der Waals surface area contributed by atoms with Gasteiger partial charge in [0.15, 0.2) is 0 Å². The van der Waals surface area contributed by atoms with Crippen molar-refractivity contribution in [1.82, 2.24) is 17.5 Å². The third kappa shape index (κ3) is 14.3. The van der Waals surface area contributed by atoms with Crippen molar-refractivity contribution in [3.05, 3.63) is 254 Å². The van der Waals surface area contributed by atoms with E-state index in [9.17, 15) is 0 Å². The van der Waals surface area contributed by atoms with Crippen LogP contribution in [0.2, 0.25) is 0 Å². The molecule has 0 saturated carbocycles. The highest BCUT2D eigenvalue weighted by molar-refractivity contribution is 7.29. The van der Waals surface area contributed by atoms with Crippen LogP contribution in [0.3, 0.4) is 0 Å². The Hall–Kier alpha value is -8.98. The molecule has 0 fully saturated rings. The molecule has 102 heavy (non-hydrogen) atoms. The molecule has 6 heterocycles. The molecule has 0 aliphatic carbocycles. The molecule has 10 aromatic carbocycles. The van der Waals surface area contributed by atoms with E-state index in [2.05, 4.69) is 266 Å². The van der Waals surface area contributed by atoms with Crippen LogP contribution in [0.5, 0.6) is 0 Å². The Kier molecular flexibility index (Phi) is 21.0. The van der Waals surface area contributed by atoms with Gasteiger partial charge in [-0.05, 0) is 156 Å². The largest absolute Gasteiger partial charge is 0.311 e.